The third-order valence-corrected chi connectivity index (χ3v) is 7.32. The number of aryl methyl sites for hydroxylation is 3. The first-order chi connectivity index (χ1) is 16.0. The van der Waals surface area contributed by atoms with Crippen molar-refractivity contribution in [3.05, 3.63) is 76.3 Å². The van der Waals surface area contributed by atoms with Gasteiger partial charge in [0.05, 0.1) is 13.5 Å². The van der Waals surface area contributed by atoms with E-state index in [0.717, 1.165) is 40.4 Å². The minimum Gasteiger partial charge on any atom is -0.465 e. The molecule has 4 aromatic rings. The number of fused-ring (bicyclic) bond motifs is 2. The van der Waals surface area contributed by atoms with E-state index in [1.807, 2.05) is 47.5 Å². The molecular formula is C27H26N2O3S. The van der Waals surface area contributed by atoms with Crippen LogP contribution in [0.25, 0.3) is 22.0 Å². The van der Waals surface area contributed by atoms with Gasteiger partial charge in [0.15, 0.2) is 0 Å². The van der Waals surface area contributed by atoms with Crippen molar-refractivity contribution in [2.75, 3.05) is 12.4 Å². The second-order valence-corrected chi connectivity index (χ2v) is 9.42. The Morgan fingerprint density at radius 2 is 1.88 bits per heavy atom. The first-order valence-electron chi connectivity index (χ1n) is 11.2. The fourth-order valence-electron chi connectivity index (χ4n) is 4.78. The zero-order valence-electron chi connectivity index (χ0n) is 18.8. The fraction of sp³-hybridized carbons (Fsp3) is 0.259. The van der Waals surface area contributed by atoms with E-state index < -0.39 is 5.97 Å². The molecule has 1 aliphatic carbocycles. The van der Waals surface area contributed by atoms with E-state index in [0.29, 0.717) is 10.6 Å². The van der Waals surface area contributed by atoms with Crippen LogP contribution in [0.5, 0.6) is 0 Å². The Kier molecular flexibility index (Phi) is 5.77. The number of nitrogens with one attached hydrogen (secondary N) is 1. The minimum atomic E-state index is -0.440. The monoisotopic (exact) mass is 458 g/mol. The zero-order chi connectivity index (χ0) is 22.9. The number of nitrogens with zero attached hydrogens (tertiary/aromatic N) is 1. The molecule has 0 aliphatic heterocycles. The maximum atomic E-state index is 13.0. The van der Waals surface area contributed by atoms with Gasteiger partial charge in [-0.15, -0.1) is 11.3 Å². The molecule has 0 saturated carbocycles. The second kappa shape index (κ2) is 8.87. The lowest BCUT2D eigenvalue weighted by molar-refractivity contribution is -0.115. The molecule has 6 heteroatoms. The number of amides is 1. The van der Waals surface area contributed by atoms with Gasteiger partial charge < -0.3 is 14.6 Å². The molecule has 168 valence electrons. The molecule has 0 unspecified atom stereocenters. The summed E-state index contributed by atoms with van der Waals surface area (Å²) in [7, 11) is 3.35. The van der Waals surface area contributed by atoms with E-state index in [-0.39, 0.29) is 12.3 Å². The van der Waals surface area contributed by atoms with E-state index in [1.165, 1.54) is 42.4 Å². The van der Waals surface area contributed by atoms with Gasteiger partial charge in [-0.3, -0.25) is 4.79 Å². The molecule has 0 fully saturated rings. The molecule has 2 aromatic carbocycles. The molecule has 0 spiro atoms. The van der Waals surface area contributed by atoms with Gasteiger partial charge in [0, 0.05) is 35.1 Å². The number of benzene rings is 2. The SMILES string of the molecule is COC(=O)c1c(-c2ccc3c(c2)CCCC3)csc1NC(=O)Cc1cn(C)c2ccccc12. The smallest absolute Gasteiger partial charge is 0.341 e. The van der Waals surface area contributed by atoms with E-state index in [9.17, 15) is 9.59 Å². The van der Waals surface area contributed by atoms with Crippen LogP contribution in [0, 0.1) is 0 Å². The van der Waals surface area contributed by atoms with Gasteiger partial charge in [0.1, 0.15) is 10.6 Å². The highest BCUT2D eigenvalue weighted by atomic mass is 32.1. The van der Waals surface area contributed by atoms with Crippen LogP contribution in [-0.4, -0.2) is 23.6 Å². The number of hydrogen-bond acceptors (Lipinski definition) is 4. The van der Waals surface area contributed by atoms with Crippen LogP contribution in [0.4, 0.5) is 5.00 Å². The van der Waals surface area contributed by atoms with Crippen LogP contribution in [0.2, 0.25) is 0 Å². The summed E-state index contributed by atoms with van der Waals surface area (Å²) < 4.78 is 7.11. The molecule has 5 nitrogen and oxygen atoms in total. The van der Waals surface area contributed by atoms with Crippen LogP contribution in [-0.2, 0) is 35.8 Å². The quantitative estimate of drug-likeness (QED) is 0.387. The van der Waals surface area contributed by atoms with Gasteiger partial charge in [0.2, 0.25) is 5.91 Å². The number of carbonyl (C=O) groups is 2. The number of anilines is 1. The van der Waals surface area contributed by atoms with Gasteiger partial charge in [-0.05, 0) is 54.0 Å². The summed E-state index contributed by atoms with van der Waals surface area (Å²) >= 11 is 1.36. The van der Waals surface area contributed by atoms with Gasteiger partial charge in [0.25, 0.3) is 0 Å². The molecule has 2 aromatic heterocycles. The Labute approximate surface area is 197 Å². The first kappa shape index (κ1) is 21.5. The third-order valence-electron chi connectivity index (χ3n) is 6.42. The second-order valence-electron chi connectivity index (χ2n) is 8.54. The van der Waals surface area contributed by atoms with E-state index >= 15 is 0 Å². The maximum absolute atomic E-state index is 13.0. The van der Waals surface area contributed by atoms with Crippen LogP contribution in [0.15, 0.2) is 54.0 Å². The van der Waals surface area contributed by atoms with Crippen molar-refractivity contribution < 1.29 is 14.3 Å². The fourth-order valence-corrected chi connectivity index (χ4v) is 5.75. The standard InChI is InChI=1S/C27H26N2O3S/c1-29-15-20(21-9-5-6-10-23(21)29)14-24(30)28-26-25(27(31)32-2)22(16-33-26)19-12-11-17-7-3-4-8-18(17)13-19/h5-6,9-13,15-16H,3-4,7-8,14H2,1-2H3,(H,28,30). The average molecular weight is 459 g/mol. The molecule has 1 amide bonds. The van der Waals surface area contributed by atoms with Gasteiger partial charge >= 0.3 is 5.97 Å². The van der Waals surface area contributed by atoms with Crippen molar-refractivity contribution in [3.63, 3.8) is 0 Å². The van der Waals surface area contributed by atoms with Crippen molar-refractivity contribution >= 4 is 39.1 Å². The predicted octanol–water partition coefficient (Wildman–Crippen LogP) is 5.75. The lowest BCUT2D eigenvalue weighted by atomic mass is 9.89. The lowest BCUT2D eigenvalue weighted by Crippen LogP contribution is -2.16. The van der Waals surface area contributed by atoms with Crippen LogP contribution in [0.1, 0.15) is 39.9 Å². The number of thiophene rings is 1. The number of hydrogen-bond donors (Lipinski definition) is 1. The number of methoxy groups -OCH3 is 1. The zero-order valence-corrected chi connectivity index (χ0v) is 19.6. The maximum Gasteiger partial charge on any atom is 0.341 e. The molecule has 1 aliphatic rings. The van der Waals surface area contributed by atoms with Crippen LogP contribution >= 0.6 is 11.3 Å². The summed E-state index contributed by atoms with van der Waals surface area (Å²) in [4.78, 5) is 25.7. The van der Waals surface area contributed by atoms with E-state index in [2.05, 4.69) is 23.5 Å². The summed E-state index contributed by atoms with van der Waals surface area (Å²) in [5, 5.41) is 6.49. The molecule has 2 heterocycles. The highest BCUT2D eigenvalue weighted by Crippen LogP contribution is 2.38. The lowest BCUT2D eigenvalue weighted by Gasteiger charge is -2.16. The minimum absolute atomic E-state index is 0.157. The van der Waals surface area contributed by atoms with Gasteiger partial charge in [-0.25, -0.2) is 4.79 Å². The molecule has 5 rings (SSSR count). The molecule has 0 saturated heterocycles. The number of esters is 1. The number of aromatic nitrogens is 1. The molecule has 33 heavy (non-hydrogen) atoms. The average Bonchev–Trinajstić information content (AvgIpc) is 3.39. The Morgan fingerprint density at radius 3 is 2.70 bits per heavy atom. The number of para-hydroxylation sites is 1. The Bertz CT molecular complexity index is 1370. The van der Waals surface area contributed by atoms with Crippen molar-refractivity contribution in [1.82, 2.24) is 4.57 Å². The van der Waals surface area contributed by atoms with Crippen molar-refractivity contribution in [1.29, 1.82) is 0 Å². The van der Waals surface area contributed by atoms with Gasteiger partial charge in [-0.2, -0.15) is 0 Å². The Balaban J connectivity index is 1.44. The van der Waals surface area contributed by atoms with Crippen LogP contribution < -0.4 is 5.32 Å². The highest BCUT2D eigenvalue weighted by Gasteiger charge is 2.23. The largest absolute Gasteiger partial charge is 0.465 e. The normalized spacial score (nSPS) is 13.0. The molecule has 1 N–H and O–H groups in total. The van der Waals surface area contributed by atoms with Crippen molar-refractivity contribution in [2.24, 2.45) is 7.05 Å². The van der Waals surface area contributed by atoms with E-state index in [1.54, 1.807) is 0 Å². The molecule has 0 radical (unpaired) electrons. The molecule has 0 atom stereocenters. The Morgan fingerprint density at radius 1 is 1.09 bits per heavy atom. The number of rotatable bonds is 5. The summed E-state index contributed by atoms with van der Waals surface area (Å²) in [6.07, 6.45) is 6.81. The van der Waals surface area contributed by atoms with Crippen molar-refractivity contribution in [3.8, 4) is 11.1 Å². The highest BCUT2D eigenvalue weighted by molar-refractivity contribution is 7.15. The van der Waals surface area contributed by atoms with Gasteiger partial charge in [-0.1, -0.05) is 36.4 Å². The number of ether oxygens (including phenoxy) is 1. The molecular weight excluding hydrogens is 432 g/mol. The van der Waals surface area contributed by atoms with E-state index in [4.69, 9.17) is 4.74 Å². The first-order valence-corrected chi connectivity index (χ1v) is 12.1. The van der Waals surface area contributed by atoms with Crippen molar-refractivity contribution in [2.45, 2.75) is 32.1 Å². The topological polar surface area (TPSA) is 60.3 Å². The summed E-state index contributed by atoms with van der Waals surface area (Å²) in [5.74, 6) is -0.597. The molecule has 0 bridgehead atoms. The summed E-state index contributed by atoms with van der Waals surface area (Å²) in [6.45, 7) is 0. The third kappa shape index (κ3) is 4.07. The summed E-state index contributed by atoms with van der Waals surface area (Å²) in [5.41, 5.74) is 7.00. The summed E-state index contributed by atoms with van der Waals surface area (Å²) in [6, 6.07) is 14.5. The Hall–Kier alpha value is -3.38. The van der Waals surface area contributed by atoms with Crippen LogP contribution in [0.3, 0.4) is 0 Å². The predicted molar refractivity (Wildman–Crippen MR) is 133 cm³/mol. The number of carbonyl (C=O) groups excluding carboxylic acids is 2.